The van der Waals surface area contributed by atoms with Gasteiger partial charge in [-0.2, -0.15) is 0 Å². The molecule has 0 spiro atoms. The van der Waals surface area contributed by atoms with Crippen molar-refractivity contribution in [3.05, 3.63) is 0 Å². The van der Waals surface area contributed by atoms with E-state index in [9.17, 15) is 4.79 Å². The average molecular weight is 210 g/mol. The van der Waals surface area contributed by atoms with E-state index in [2.05, 4.69) is 11.8 Å². The van der Waals surface area contributed by atoms with Crippen molar-refractivity contribution in [2.45, 2.75) is 45.1 Å². The van der Waals surface area contributed by atoms with Crippen molar-refractivity contribution in [1.82, 2.24) is 4.90 Å². The molecule has 2 unspecified atom stereocenters. The number of carbonyl (C=O) groups excluding carboxylic acids is 1. The van der Waals surface area contributed by atoms with E-state index in [4.69, 9.17) is 5.73 Å². The lowest BCUT2D eigenvalue weighted by Gasteiger charge is -2.39. The largest absolute Gasteiger partial charge is 0.342 e. The maximum atomic E-state index is 12.0. The van der Waals surface area contributed by atoms with Crippen molar-refractivity contribution in [3.8, 4) is 0 Å². The van der Waals surface area contributed by atoms with Gasteiger partial charge < -0.3 is 10.6 Å². The molecular weight excluding hydrogens is 188 g/mol. The summed E-state index contributed by atoms with van der Waals surface area (Å²) in [6.07, 6.45) is 5.53. The Morgan fingerprint density at radius 1 is 1.40 bits per heavy atom. The minimum absolute atomic E-state index is 0.306. The number of hydrogen-bond acceptors (Lipinski definition) is 2. The predicted octanol–water partition coefficient (Wildman–Crippen LogP) is 1.37. The number of amides is 1. The number of carbonyl (C=O) groups is 1. The summed E-state index contributed by atoms with van der Waals surface area (Å²) in [7, 11) is 0. The first-order valence-corrected chi connectivity index (χ1v) is 6.26. The lowest BCUT2D eigenvalue weighted by molar-refractivity contribution is -0.140. The molecule has 2 N–H and O–H groups in total. The van der Waals surface area contributed by atoms with Gasteiger partial charge in [-0.3, -0.25) is 4.79 Å². The van der Waals surface area contributed by atoms with Crippen LogP contribution < -0.4 is 5.73 Å². The van der Waals surface area contributed by atoms with E-state index in [1.807, 2.05) is 0 Å². The van der Waals surface area contributed by atoms with E-state index in [1.165, 1.54) is 6.42 Å². The van der Waals surface area contributed by atoms with Crippen LogP contribution in [-0.2, 0) is 4.79 Å². The third-order valence-corrected chi connectivity index (χ3v) is 4.08. The number of rotatable bonds is 2. The van der Waals surface area contributed by atoms with Crippen LogP contribution in [0.25, 0.3) is 0 Å². The standard InChI is InChI=1S/C12H22N2O/c1-2-9-8-14(7-6-11(9)13)12(15)10-4-3-5-10/h9-11H,2-8,13H2,1H3. The summed E-state index contributed by atoms with van der Waals surface area (Å²) in [6.45, 7) is 3.95. The van der Waals surface area contributed by atoms with Crippen molar-refractivity contribution in [2.24, 2.45) is 17.6 Å². The van der Waals surface area contributed by atoms with E-state index < -0.39 is 0 Å². The monoisotopic (exact) mass is 210 g/mol. The molecule has 1 saturated heterocycles. The van der Waals surface area contributed by atoms with Gasteiger partial charge in [-0.1, -0.05) is 19.8 Å². The Morgan fingerprint density at radius 3 is 2.67 bits per heavy atom. The highest BCUT2D eigenvalue weighted by molar-refractivity contribution is 5.79. The fourth-order valence-corrected chi connectivity index (χ4v) is 2.60. The number of hydrogen-bond donors (Lipinski definition) is 1. The Kier molecular flexibility index (Phi) is 3.29. The SMILES string of the molecule is CCC1CN(C(=O)C2CCC2)CCC1N. The maximum absolute atomic E-state index is 12.0. The zero-order valence-electron chi connectivity index (χ0n) is 9.61. The summed E-state index contributed by atoms with van der Waals surface area (Å²) >= 11 is 0. The fraction of sp³-hybridized carbons (Fsp3) is 0.917. The predicted molar refractivity (Wildman–Crippen MR) is 60.3 cm³/mol. The summed E-state index contributed by atoms with van der Waals surface area (Å²) in [4.78, 5) is 14.1. The lowest BCUT2D eigenvalue weighted by Crippen LogP contribution is -2.51. The second-order valence-electron chi connectivity index (χ2n) is 5.03. The molecule has 3 heteroatoms. The second-order valence-corrected chi connectivity index (χ2v) is 5.03. The third kappa shape index (κ3) is 2.17. The fourth-order valence-electron chi connectivity index (χ4n) is 2.60. The van der Waals surface area contributed by atoms with E-state index in [0.29, 0.717) is 23.8 Å². The summed E-state index contributed by atoms with van der Waals surface area (Å²) in [5.74, 6) is 1.26. The molecule has 2 fully saturated rings. The van der Waals surface area contributed by atoms with Gasteiger partial charge in [0, 0.05) is 25.0 Å². The summed E-state index contributed by atoms with van der Waals surface area (Å²) < 4.78 is 0. The smallest absolute Gasteiger partial charge is 0.225 e. The first-order chi connectivity index (χ1) is 7.22. The lowest BCUT2D eigenvalue weighted by atomic mass is 9.83. The van der Waals surface area contributed by atoms with Gasteiger partial charge in [0.25, 0.3) is 0 Å². The van der Waals surface area contributed by atoms with Crippen LogP contribution in [0.3, 0.4) is 0 Å². The van der Waals surface area contributed by atoms with Crippen LogP contribution in [0.15, 0.2) is 0 Å². The molecule has 0 aromatic heterocycles. The second kappa shape index (κ2) is 4.52. The van der Waals surface area contributed by atoms with Crippen LogP contribution in [-0.4, -0.2) is 29.9 Å². The van der Waals surface area contributed by atoms with Crippen molar-refractivity contribution >= 4 is 5.91 Å². The van der Waals surface area contributed by atoms with Gasteiger partial charge in [0.15, 0.2) is 0 Å². The molecule has 1 saturated carbocycles. The first kappa shape index (κ1) is 10.9. The molecule has 1 amide bonds. The Bertz CT molecular complexity index is 238. The van der Waals surface area contributed by atoms with Gasteiger partial charge in [-0.15, -0.1) is 0 Å². The van der Waals surface area contributed by atoms with Crippen LogP contribution in [0.1, 0.15) is 39.0 Å². The molecule has 0 bridgehead atoms. The Labute approximate surface area is 92.0 Å². The number of piperidine rings is 1. The molecule has 86 valence electrons. The normalized spacial score (nSPS) is 32.5. The van der Waals surface area contributed by atoms with Crippen molar-refractivity contribution in [1.29, 1.82) is 0 Å². The molecular formula is C12H22N2O. The summed E-state index contributed by atoms with van der Waals surface area (Å²) in [5.41, 5.74) is 6.04. The Morgan fingerprint density at radius 2 is 2.13 bits per heavy atom. The topological polar surface area (TPSA) is 46.3 Å². The van der Waals surface area contributed by atoms with E-state index in [-0.39, 0.29) is 0 Å². The van der Waals surface area contributed by atoms with Crippen molar-refractivity contribution in [2.75, 3.05) is 13.1 Å². The highest BCUT2D eigenvalue weighted by Gasteiger charge is 2.33. The third-order valence-electron chi connectivity index (χ3n) is 4.08. The van der Waals surface area contributed by atoms with Gasteiger partial charge in [0.05, 0.1) is 0 Å². The molecule has 0 aromatic carbocycles. The van der Waals surface area contributed by atoms with Crippen LogP contribution in [0.4, 0.5) is 0 Å². The quantitative estimate of drug-likeness (QED) is 0.748. The van der Waals surface area contributed by atoms with Gasteiger partial charge in [-0.25, -0.2) is 0 Å². The molecule has 2 rings (SSSR count). The summed E-state index contributed by atoms with van der Waals surface area (Å²) in [6, 6.07) is 0.306. The minimum atomic E-state index is 0.306. The minimum Gasteiger partial charge on any atom is -0.342 e. The molecule has 1 aliphatic heterocycles. The van der Waals surface area contributed by atoms with Crippen LogP contribution >= 0.6 is 0 Å². The number of likely N-dealkylation sites (tertiary alicyclic amines) is 1. The molecule has 0 radical (unpaired) electrons. The molecule has 15 heavy (non-hydrogen) atoms. The molecule has 1 aliphatic carbocycles. The van der Waals surface area contributed by atoms with Crippen molar-refractivity contribution < 1.29 is 4.79 Å². The summed E-state index contributed by atoms with van der Waals surface area (Å²) in [5, 5.41) is 0. The van der Waals surface area contributed by atoms with Crippen molar-refractivity contribution in [3.63, 3.8) is 0 Å². The molecule has 2 aliphatic rings. The van der Waals surface area contributed by atoms with E-state index >= 15 is 0 Å². The van der Waals surface area contributed by atoms with E-state index in [0.717, 1.165) is 38.8 Å². The van der Waals surface area contributed by atoms with Gasteiger partial charge in [0.2, 0.25) is 5.91 Å². The maximum Gasteiger partial charge on any atom is 0.225 e. The molecule has 1 heterocycles. The first-order valence-electron chi connectivity index (χ1n) is 6.26. The van der Waals surface area contributed by atoms with E-state index in [1.54, 1.807) is 0 Å². The Hall–Kier alpha value is -0.570. The van der Waals surface area contributed by atoms with Gasteiger partial charge in [-0.05, 0) is 25.2 Å². The molecule has 2 atom stereocenters. The molecule has 3 nitrogen and oxygen atoms in total. The zero-order chi connectivity index (χ0) is 10.8. The van der Waals surface area contributed by atoms with Crippen LogP contribution in [0, 0.1) is 11.8 Å². The number of nitrogens with two attached hydrogens (primary N) is 1. The highest BCUT2D eigenvalue weighted by Crippen LogP contribution is 2.30. The van der Waals surface area contributed by atoms with Crippen LogP contribution in [0.5, 0.6) is 0 Å². The highest BCUT2D eigenvalue weighted by atomic mass is 16.2. The Balaban J connectivity index is 1.90. The number of nitrogens with zero attached hydrogens (tertiary/aromatic N) is 1. The molecule has 0 aromatic rings. The zero-order valence-corrected chi connectivity index (χ0v) is 9.61. The van der Waals surface area contributed by atoms with Gasteiger partial charge in [0.1, 0.15) is 0 Å². The average Bonchev–Trinajstić information content (AvgIpc) is 2.15. The van der Waals surface area contributed by atoms with Gasteiger partial charge >= 0.3 is 0 Å². The van der Waals surface area contributed by atoms with Crippen LogP contribution in [0.2, 0.25) is 0 Å².